The summed E-state index contributed by atoms with van der Waals surface area (Å²) in [5.74, 6) is 1.66. The van der Waals surface area contributed by atoms with Crippen LogP contribution in [0.25, 0.3) is 0 Å². The summed E-state index contributed by atoms with van der Waals surface area (Å²) in [6.45, 7) is 7.31. The van der Waals surface area contributed by atoms with Gasteiger partial charge >= 0.3 is 0 Å². The first kappa shape index (κ1) is 17.8. The van der Waals surface area contributed by atoms with Gasteiger partial charge in [0.2, 0.25) is 0 Å². The lowest BCUT2D eigenvalue weighted by Crippen LogP contribution is -2.38. The van der Waals surface area contributed by atoms with Crippen LogP contribution in [0.4, 0.5) is 0 Å². The Morgan fingerprint density at radius 2 is 2.04 bits per heavy atom. The molecule has 1 aromatic heterocycles. The molecular weight excluding hydrogens is 290 g/mol. The molecule has 0 aliphatic carbocycles. The van der Waals surface area contributed by atoms with Gasteiger partial charge in [-0.2, -0.15) is 0 Å². The fourth-order valence-corrected chi connectivity index (χ4v) is 2.87. The SMILES string of the molecule is CCc1cc(CNC(=NC)NCCCN2CCCCCC2)on1. The van der Waals surface area contributed by atoms with Gasteiger partial charge in [0.25, 0.3) is 0 Å². The number of hydrogen-bond donors (Lipinski definition) is 2. The molecule has 2 rings (SSSR count). The molecule has 0 unspecified atom stereocenters. The molecule has 1 aromatic rings. The predicted octanol–water partition coefficient (Wildman–Crippen LogP) is 2.17. The van der Waals surface area contributed by atoms with Gasteiger partial charge in [-0.25, -0.2) is 0 Å². The molecule has 1 saturated heterocycles. The second kappa shape index (κ2) is 10.3. The minimum Gasteiger partial charge on any atom is -0.359 e. The molecule has 0 radical (unpaired) electrons. The van der Waals surface area contributed by atoms with Crippen LogP contribution in [0.5, 0.6) is 0 Å². The first-order valence-electron chi connectivity index (χ1n) is 8.93. The second-order valence-electron chi connectivity index (χ2n) is 6.10. The molecule has 0 amide bonds. The molecule has 0 bridgehead atoms. The van der Waals surface area contributed by atoms with E-state index in [9.17, 15) is 0 Å². The topological polar surface area (TPSA) is 65.7 Å². The number of nitrogens with one attached hydrogen (secondary N) is 2. The molecule has 2 N–H and O–H groups in total. The van der Waals surface area contributed by atoms with Crippen LogP contribution in [0.15, 0.2) is 15.6 Å². The van der Waals surface area contributed by atoms with E-state index in [1.54, 1.807) is 7.05 Å². The van der Waals surface area contributed by atoms with Crippen LogP contribution in [0.3, 0.4) is 0 Å². The molecule has 6 heteroatoms. The normalized spacial score (nSPS) is 17.0. The Hall–Kier alpha value is -1.56. The van der Waals surface area contributed by atoms with Gasteiger partial charge in [0.05, 0.1) is 12.2 Å². The Kier molecular flexibility index (Phi) is 7.93. The van der Waals surface area contributed by atoms with E-state index in [4.69, 9.17) is 4.52 Å². The van der Waals surface area contributed by atoms with Crippen molar-refractivity contribution in [1.82, 2.24) is 20.7 Å². The number of nitrogens with zero attached hydrogens (tertiary/aromatic N) is 3. The van der Waals surface area contributed by atoms with E-state index in [1.807, 2.05) is 6.07 Å². The highest BCUT2D eigenvalue weighted by Gasteiger charge is 2.08. The number of aryl methyl sites for hydroxylation is 1. The van der Waals surface area contributed by atoms with Gasteiger partial charge in [0, 0.05) is 19.7 Å². The highest BCUT2D eigenvalue weighted by Crippen LogP contribution is 2.09. The van der Waals surface area contributed by atoms with Crippen LogP contribution in [0.1, 0.15) is 50.5 Å². The summed E-state index contributed by atoms with van der Waals surface area (Å²) in [5, 5.41) is 10.6. The quantitative estimate of drug-likeness (QED) is 0.458. The fraction of sp³-hybridized carbons (Fsp3) is 0.765. The number of rotatable bonds is 7. The van der Waals surface area contributed by atoms with Crippen LogP contribution < -0.4 is 10.6 Å². The van der Waals surface area contributed by atoms with Crippen LogP contribution in [0, 0.1) is 0 Å². The van der Waals surface area contributed by atoms with E-state index in [0.29, 0.717) is 6.54 Å². The van der Waals surface area contributed by atoms with Crippen molar-refractivity contribution in [1.29, 1.82) is 0 Å². The maximum absolute atomic E-state index is 5.27. The van der Waals surface area contributed by atoms with E-state index in [2.05, 4.69) is 32.6 Å². The van der Waals surface area contributed by atoms with Gasteiger partial charge in [0.15, 0.2) is 11.7 Å². The Bertz CT molecular complexity index is 463. The van der Waals surface area contributed by atoms with Crippen LogP contribution in [0.2, 0.25) is 0 Å². The Morgan fingerprint density at radius 1 is 1.26 bits per heavy atom. The predicted molar refractivity (Wildman–Crippen MR) is 93.6 cm³/mol. The molecule has 0 atom stereocenters. The summed E-state index contributed by atoms with van der Waals surface area (Å²) in [6, 6.07) is 1.99. The average Bonchev–Trinajstić information content (AvgIpc) is 2.88. The van der Waals surface area contributed by atoms with Crippen molar-refractivity contribution < 1.29 is 4.52 Å². The van der Waals surface area contributed by atoms with Crippen LogP contribution in [-0.4, -0.2) is 49.2 Å². The molecule has 130 valence electrons. The van der Waals surface area contributed by atoms with Crippen molar-refractivity contribution in [3.05, 3.63) is 17.5 Å². The van der Waals surface area contributed by atoms with Crippen LogP contribution >= 0.6 is 0 Å². The van der Waals surface area contributed by atoms with Gasteiger partial charge < -0.3 is 20.1 Å². The summed E-state index contributed by atoms with van der Waals surface area (Å²) in [6.07, 6.45) is 7.54. The van der Waals surface area contributed by atoms with Crippen molar-refractivity contribution in [2.75, 3.05) is 33.2 Å². The Labute approximate surface area is 139 Å². The lowest BCUT2D eigenvalue weighted by atomic mass is 10.2. The monoisotopic (exact) mass is 321 g/mol. The summed E-state index contributed by atoms with van der Waals surface area (Å²) in [7, 11) is 1.79. The molecule has 0 spiro atoms. The number of guanidine groups is 1. The van der Waals surface area contributed by atoms with Gasteiger partial charge in [-0.15, -0.1) is 0 Å². The average molecular weight is 321 g/mol. The number of likely N-dealkylation sites (tertiary alicyclic amines) is 1. The lowest BCUT2D eigenvalue weighted by molar-refractivity contribution is 0.282. The summed E-state index contributed by atoms with van der Waals surface area (Å²) in [5.41, 5.74) is 0.988. The number of aliphatic imine (C=N–C) groups is 1. The third-order valence-electron chi connectivity index (χ3n) is 4.27. The van der Waals surface area contributed by atoms with E-state index < -0.39 is 0 Å². The van der Waals surface area contributed by atoms with E-state index >= 15 is 0 Å². The second-order valence-corrected chi connectivity index (χ2v) is 6.10. The largest absolute Gasteiger partial charge is 0.359 e. The number of hydrogen-bond acceptors (Lipinski definition) is 4. The van der Waals surface area contributed by atoms with Crippen molar-refractivity contribution in [2.24, 2.45) is 4.99 Å². The fourth-order valence-electron chi connectivity index (χ4n) is 2.87. The molecule has 1 fully saturated rings. The molecule has 2 heterocycles. The first-order chi connectivity index (χ1) is 11.3. The van der Waals surface area contributed by atoms with E-state index in [1.165, 1.54) is 45.3 Å². The Morgan fingerprint density at radius 3 is 2.70 bits per heavy atom. The molecule has 6 nitrogen and oxygen atoms in total. The van der Waals surface area contributed by atoms with Crippen LogP contribution in [-0.2, 0) is 13.0 Å². The number of aromatic nitrogens is 1. The molecule has 23 heavy (non-hydrogen) atoms. The van der Waals surface area contributed by atoms with Gasteiger partial charge in [-0.1, -0.05) is 24.9 Å². The molecule has 0 saturated carbocycles. The summed E-state index contributed by atoms with van der Waals surface area (Å²) < 4.78 is 5.27. The highest BCUT2D eigenvalue weighted by atomic mass is 16.5. The van der Waals surface area contributed by atoms with Crippen molar-refractivity contribution >= 4 is 5.96 Å². The smallest absolute Gasteiger partial charge is 0.191 e. The third-order valence-corrected chi connectivity index (χ3v) is 4.27. The van der Waals surface area contributed by atoms with E-state index in [0.717, 1.165) is 36.8 Å². The van der Waals surface area contributed by atoms with Crippen molar-refractivity contribution in [3.63, 3.8) is 0 Å². The minimum absolute atomic E-state index is 0.610. The van der Waals surface area contributed by atoms with Crippen molar-refractivity contribution in [3.8, 4) is 0 Å². The minimum atomic E-state index is 0.610. The zero-order valence-corrected chi connectivity index (χ0v) is 14.6. The standard InChI is InChI=1S/C17H31N5O/c1-3-15-13-16(23-21-15)14-20-17(18-2)19-9-8-12-22-10-6-4-5-7-11-22/h13H,3-12,14H2,1-2H3,(H2,18,19,20). The molecule has 0 aromatic carbocycles. The highest BCUT2D eigenvalue weighted by molar-refractivity contribution is 5.79. The maximum atomic E-state index is 5.27. The Balaban J connectivity index is 1.60. The van der Waals surface area contributed by atoms with Gasteiger partial charge in [-0.05, 0) is 45.3 Å². The summed E-state index contributed by atoms with van der Waals surface area (Å²) in [4.78, 5) is 6.84. The van der Waals surface area contributed by atoms with E-state index in [-0.39, 0.29) is 0 Å². The van der Waals surface area contributed by atoms with Gasteiger partial charge in [0.1, 0.15) is 0 Å². The third kappa shape index (κ3) is 6.60. The first-order valence-corrected chi connectivity index (χ1v) is 8.93. The zero-order valence-electron chi connectivity index (χ0n) is 14.6. The zero-order chi connectivity index (χ0) is 16.3. The lowest BCUT2D eigenvalue weighted by Gasteiger charge is -2.20. The summed E-state index contributed by atoms with van der Waals surface area (Å²) >= 11 is 0. The molecule has 1 aliphatic rings. The van der Waals surface area contributed by atoms with Crippen molar-refractivity contribution in [2.45, 2.75) is 52.0 Å². The maximum Gasteiger partial charge on any atom is 0.191 e. The molecule has 1 aliphatic heterocycles. The molecular formula is C17H31N5O. The van der Waals surface area contributed by atoms with Gasteiger partial charge in [-0.3, -0.25) is 4.99 Å².